The fourth-order valence-corrected chi connectivity index (χ4v) is 9.03. The highest BCUT2D eigenvalue weighted by Gasteiger charge is 2.41. The number of carboxylic acids is 1. The quantitative estimate of drug-likeness (QED) is 0.0302. The molecule has 0 unspecified atom stereocenters. The molecule has 26 nitrogen and oxygen atoms in total. The van der Waals surface area contributed by atoms with Crippen LogP contribution in [0.2, 0.25) is 0 Å². The average Bonchev–Trinajstić information content (AvgIpc) is 3.84. The van der Waals surface area contributed by atoms with E-state index in [9.17, 15) is 62.6 Å². The van der Waals surface area contributed by atoms with E-state index in [1.807, 2.05) is 27.7 Å². The molecule has 11 atom stereocenters. The predicted molar refractivity (Wildman–Crippen MR) is 293 cm³/mol. The van der Waals surface area contributed by atoms with E-state index in [0.717, 1.165) is 0 Å². The van der Waals surface area contributed by atoms with Crippen molar-refractivity contribution >= 4 is 82.7 Å². The van der Waals surface area contributed by atoms with Crippen LogP contribution in [-0.2, 0) is 57.5 Å². The molecule has 0 aromatic heterocycles. The van der Waals surface area contributed by atoms with Crippen molar-refractivity contribution in [1.82, 2.24) is 47.4 Å². The molecule has 0 radical (unpaired) electrons. The van der Waals surface area contributed by atoms with E-state index in [2.05, 4.69) is 42.5 Å². The average molecular weight is 1130 g/mol. The Morgan fingerprint density at radius 3 is 1.41 bits per heavy atom. The highest BCUT2D eigenvalue weighted by molar-refractivity contribution is 7.98. The number of thioether (sulfide) groups is 1. The first-order chi connectivity index (χ1) is 36.5. The van der Waals surface area contributed by atoms with Gasteiger partial charge in [0.1, 0.15) is 54.4 Å². The van der Waals surface area contributed by atoms with Crippen LogP contribution in [0.5, 0.6) is 0 Å². The third kappa shape index (κ3) is 25.1. The SMILES string of the molecule is CC[C@H](C)[C@H](NC(=O)[C@H](CC(N)=O)NC(=O)[C@H](CC(C)C)NC(=O)[C@H](CC(N)=O)NC(=O)[C@H](CCSC)NC(=O)[C@H](CCCCN)NC(=O)[C@H](CC(C)C)NC(=O)[C@@H]1CCCN1C(=O)[C@H](CC(C)C)NC(=O)[C@H](C)N)C(=O)O. The Labute approximate surface area is 462 Å². The molecule has 11 amide bonds. The number of likely N-dealkylation sites (tertiary alicyclic amines) is 1. The zero-order valence-electron chi connectivity index (χ0n) is 47.2. The molecule has 78 heavy (non-hydrogen) atoms. The summed E-state index contributed by atoms with van der Waals surface area (Å²) in [6.07, 6.45) is 2.59. The van der Waals surface area contributed by atoms with Gasteiger partial charge in [-0.15, -0.1) is 0 Å². The molecule has 1 rings (SSSR count). The van der Waals surface area contributed by atoms with E-state index in [-0.39, 0.29) is 62.9 Å². The summed E-state index contributed by atoms with van der Waals surface area (Å²) in [6.45, 7) is 16.2. The Bertz CT molecular complexity index is 2060. The van der Waals surface area contributed by atoms with E-state index in [1.165, 1.54) is 23.6 Å². The molecular weight excluding hydrogens is 1030 g/mol. The minimum absolute atomic E-state index is 0.00615. The largest absolute Gasteiger partial charge is 0.480 e. The van der Waals surface area contributed by atoms with Gasteiger partial charge >= 0.3 is 5.97 Å². The fourth-order valence-electron chi connectivity index (χ4n) is 8.56. The van der Waals surface area contributed by atoms with Crippen LogP contribution in [0.4, 0.5) is 0 Å². The molecule has 1 aliphatic rings. The van der Waals surface area contributed by atoms with E-state index < -0.39 is 150 Å². The zero-order chi connectivity index (χ0) is 59.6. The molecule has 1 saturated heterocycles. The highest BCUT2D eigenvalue weighted by Crippen LogP contribution is 2.22. The number of carboxylic acid groups (broad SMARTS) is 1. The van der Waals surface area contributed by atoms with Gasteiger partial charge in [-0.05, 0) is 107 Å². The zero-order valence-corrected chi connectivity index (χ0v) is 48.0. The smallest absolute Gasteiger partial charge is 0.326 e. The first-order valence-electron chi connectivity index (χ1n) is 26.9. The lowest BCUT2D eigenvalue weighted by Gasteiger charge is -2.31. The maximum atomic E-state index is 14.3. The minimum Gasteiger partial charge on any atom is -0.480 e. The van der Waals surface area contributed by atoms with Crippen LogP contribution in [0.1, 0.15) is 139 Å². The van der Waals surface area contributed by atoms with Gasteiger partial charge in [0.05, 0.1) is 18.9 Å². The summed E-state index contributed by atoms with van der Waals surface area (Å²) in [5, 5.41) is 30.3. The number of amides is 11. The van der Waals surface area contributed by atoms with Crippen molar-refractivity contribution < 1.29 is 62.6 Å². The number of carbonyl (C=O) groups is 12. The Morgan fingerprint density at radius 2 is 0.974 bits per heavy atom. The van der Waals surface area contributed by atoms with E-state index in [4.69, 9.17) is 22.9 Å². The van der Waals surface area contributed by atoms with Crippen molar-refractivity contribution in [2.45, 2.75) is 200 Å². The lowest BCUT2D eigenvalue weighted by molar-refractivity contribution is -0.144. The predicted octanol–water partition coefficient (Wildman–Crippen LogP) is -1.90. The molecular formula is C51H91N13O13S. The van der Waals surface area contributed by atoms with Crippen molar-refractivity contribution in [2.75, 3.05) is 25.1 Å². The second-order valence-electron chi connectivity index (χ2n) is 21.4. The summed E-state index contributed by atoms with van der Waals surface area (Å²) >= 11 is 1.33. The Morgan fingerprint density at radius 1 is 0.564 bits per heavy atom. The monoisotopic (exact) mass is 1130 g/mol. The molecule has 0 spiro atoms. The van der Waals surface area contributed by atoms with Gasteiger partial charge in [0.2, 0.25) is 65.0 Å². The Hall–Kier alpha value is -6.09. The number of primary amides is 2. The summed E-state index contributed by atoms with van der Waals surface area (Å²) < 4.78 is 0. The number of hydrogen-bond acceptors (Lipinski definition) is 15. The number of hydrogen-bond donors (Lipinski definition) is 13. The number of carbonyl (C=O) groups excluding carboxylic acids is 11. The maximum Gasteiger partial charge on any atom is 0.326 e. The van der Waals surface area contributed by atoms with Gasteiger partial charge in [0, 0.05) is 6.54 Å². The van der Waals surface area contributed by atoms with Crippen molar-refractivity contribution in [3.63, 3.8) is 0 Å². The van der Waals surface area contributed by atoms with Gasteiger partial charge in [-0.3, -0.25) is 52.7 Å². The van der Waals surface area contributed by atoms with Crippen LogP contribution >= 0.6 is 11.8 Å². The van der Waals surface area contributed by atoms with Crippen molar-refractivity contribution in [1.29, 1.82) is 0 Å². The Kier molecular flexibility index (Phi) is 31.8. The molecule has 17 N–H and O–H groups in total. The lowest BCUT2D eigenvalue weighted by Crippen LogP contribution is -2.61. The minimum atomic E-state index is -1.72. The third-order valence-electron chi connectivity index (χ3n) is 12.9. The molecule has 1 aliphatic heterocycles. The first kappa shape index (κ1) is 69.9. The third-order valence-corrected chi connectivity index (χ3v) is 13.6. The molecule has 0 aromatic carbocycles. The van der Waals surface area contributed by atoms with Gasteiger partial charge in [-0.25, -0.2) is 4.79 Å². The fraction of sp³-hybridized carbons (Fsp3) is 0.765. The summed E-state index contributed by atoms with van der Waals surface area (Å²) in [4.78, 5) is 162. The summed E-state index contributed by atoms with van der Waals surface area (Å²) in [5.74, 6) is -11.2. The molecule has 0 aliphatic carbocycles. The molecule has 444 valence electrons. The van der Waals surface area contributed by atoms with Gasteiger partial charge in [-0.1, -0.05) is 61.8 Å². The van der Waals surface area contributed by atoms with Gasteiger partial charge in [0.15, 0.2) is 0 Å². The molecule has 0 aromatic rings. The molecule has 0 saturated carbocycles. The second-order valence-corrected chi connectivity index (χ2v) is 22.4. The van der Waals surface area contributed by atoms with Crippen molar-refractivity contribution in [3.8, 4) is 0 Å². The van der Waals surface area contributed by atoms with Crippen LogP contribution in [0.25, 0.3) is 0 Å². The number of nitrogens with one attached hydrogen (secondary N) is 8. The van der Waals surface area contributed by atoms with Gasteiger partial charge in [-0.2, -0.15) is 11.8 Å². The molecule has 1 fully saturated rings. The topological polar surface area (TPSA) is 429 Å². The first-order valence-corrected chi connectivity index (χ1v) is 28.3. The number of aliphatic carboxylic acids is 1. The van der Waals surface area contributed by atoms with Crippen LogP contribution in [0.15, 0.2) is 0 Å². The van der Waals surface area contributed by atoms with Crippen molar-refractivity contribution in [2.24, 2.45) is 46.6 Å². The molecule has 0 bridgehead atoms. The number of unbranched alkanes of at least 4 members (excludes halogenated alkanes) is 1. The van der Waals surface area contributed by atoms with Crippen LogP contribution in [-0.4, -0.2) is 166 Å². The van der Waals surface area contributed by atoms with Crippen LogP contribution < -0.4 is 65.5 Å². The summed E-state index contributed by atoms with van der Waals surface area (Å²) in [7, 11) is 0. The van der Waals surface area contributed by atoms with Crippen LogP contribution in [0, 0.1) is 23.7 Å². The molecule has 27 heteroatoms. The number of rotatable bonds is 37. The standard InChI is InChI=1S/C51H91N13O13S/c1-11-29(8)41(51(76)77)63-48(73)36(25-40(55)66)60-46(71)33(21-26(2)3)58-47(72)35(24-39(54)65)59-44(69)32(17-20-78-10)57-43(68)31(15-12-13-18-52)56-45(70)34(22-27(4)5)61-49(74)38-16-14-19-64(38)50(75)37(23-28(6)7)62-42(67)30(9)53/h26-38,41H,11-25,52-53H2,1-10H3,(H2,54,65)(H2,55,66)(H,56,70)(H,57,68)(H,58,72)(H,59,69)(H,60,71)(H,61,74)(H,62,67)(H,63,73)(H,76,77)/t29-,30-,31-,32-,33-,34-,35-,36-,37-,38-,41-/m0/s1. The highest BCUT2D eigenvalue weighted by atomic mass is 32.2. The Balaban J connectivity index is 3.49. The van der Waals surface area contributed by atoms with E-state index >= 15 is 0 Å². The number of nitrogens with two attached hydrogens (primary N) is 4. The van der Waals surface area contributed by atoms with Gasteiger partial charge < -0.3 is 75.5 Å². The molecule has 1 heterocycles. The van der Waals surface area contributed by atoms with E-state index in [1.54, 1.807) is 34.0 Å². The van der Waals surface area contributed by atoms with Gasteiger partial charge in [0.25, 0.3) is 0 Å². The van der Waals surface area contributed by atoms with Crippen molar-refractivity contribution in [3.05, 3.63) is 0 Å². The number of nitrogens with zero attached hydrogens (tertiary/aromatic N) is 1. The maximum absolute atomic E-state index is 14.3. The second kappa shape index (κ2) is 35.4. The van der Waals surface area contributed by atoms with E-state index in [0.29, 0.717) is 37.9 Å². The summed E-state index contributed by atoms with van der Waals surface area (Å²) in [6, 6.07) is -12.8. The normalized spacial score (nSPS) is 17.2. The summed E-state index contributed by atoms with van der Waals surface area (Å²) in [5.41, 5.74) is 22.5. The lowest BCUT2D eigenvalue weighted by atomic mass is 9.98. The van der Waals surface area contributed by atoms with Crippen LogP contribution in [0.3, 0.4) is 0 Å².